The first-order valence-electron chi connectivity index (χ1n) is 8.87. The van der Waals surface area contributed by atoms with Crippen molar-refractivity contribution in [3.8, 4) is 0 Å². The van der Waals surface area contributed by atoms with Crippen LogP contribution in [0.1, 0.15) is 12.5 Å². The second kappa shape index (κ2) is 9.84. The number of nitrogens with zero attached hydrogens (tertiary/aromatic N) is 1. The SMILES string of the molecule is C[C@H](CNCCc1ccccc1)NS(=O)(=O)c1ccc2c(N)nccc2c1.Cl. The molecule has 28 heavy (non-hydrogen) atoms. The minimum Gasteiger partial charge on any atom is -0.383 e. The van der Waals surface area contributed by atoms with Crippen LogP contribution in [-0.4, -0.2) is 32.5 Å². The van der Waals surface area contributed by atoms with Gasteiger partial charge in [0.2, 0.25) is 10.0 Å². The Balaban J connectivity index is 0.00000280. The largest absolute Gasteiger partial charge is 0.383 e. The molecule has 0 spiro atoms. The molecule has 8 heteroatoms. The van der Waals surface area contributed by atoms with Gasteiger partial charge in [0.05, 0.1) is 4.90 Å². The third kappa shape index (κ3) is 5.65. The maximum absolute atomic E-state index is 12.6. The van der Waals surface area contributed by atoms with Crippen molar-refractivity contribution in [3.05, 3.63) is 66.4 Å². The van der Waals surface area contributed by atoms with E-state index in [9.17, 15) is 8.42 Å². The Morgan fingerprint density at radius 2 is 1.86 bits per heavy atom. The molecule has 0 saturated heterocycles. The number of hydrogen-bond acceptors (Lipinski definition) is 5. The zero-order chi connectivity index (χ0) is 19.3. The number of sulfonamides is 1. The first-order valence-corrected chi connectivity index (χ1v) is 10.4. The van der Waals surface area contributed by atoms with Gasteiger partial charge in [0.15, 0.2) is 0 Å². The quantitative estimate of drug-likeness (QED) is 0.487. The highest BCUT2D eigenvalue weighted by molar-refractivity contribution is 7.89. The van der Waals surface area contributed by atoms with E-state index in [0.29, 0.717) is 12.4 Å². The van der Waals surface area contributed by atoms with E-state index in [-0.39, 0.29) is 23.3 Å². The summed E-state index contributed by atoms with van der Waals surface area (Å²) in [5.41, 5.74) is 7.07. The Morgan fingerprint density at radius 1 is 1.11 bits per heavy atom. The number of rotatable bonds is 8. The molecule has 1 heterocycles. The molecule has 3 rings (SSSR count). The number of fused-ring (bicyclic) bond motifs is 1. The van der Waals surface area contributed by atoms with Crippen LogP contribution in [-0.2, 0) is 16.4 Å². The van der Waals surface area contributed by atoms with Gasteiger partial charge < -0.3 is 11.1 Å². The van der Waals surface area contributed by atoms with E-state index in [0.717, 1.165) is 23.7 Å². The summed E-state index contributed by atoms with van der Waals surface area (Å²) in [6.07, 6.45) is 2.47. The average molecular weight is 421 g/mol. The second-order valence-corrected chi connectivity index (χ2v) is 8.26. The number of halogens is 1. The highest BCUT2D eigenvalue weighted by Crippen LogP contribution is 2.22. The molecule has 0 saturated carbocycles. The number of anilines is 1. The van der Waals surface area contributed by atoms with Crippen molar-refractivity contribution < 1.29 is 8.42 Å². The first kappa shape index (κ1) is 22.1. The van der Waals surface area contributed by atoms with Crippen molar-refractivity contribution in [1.29, 1.82) is 0 Å². The number of nitrogens with one attached hydrogen (secondary N) is 2. The van der Waals surface area contributed by atoms with Gasteiger partial charge in [-0.3, -0.25) is 0 Å². The molecule has 0 bridgehead atoms. The molecule has 6 nitrogen and oxygen atoms in total. The van der Waals surface area contributed by atoms with Crippen molar-refractivity contribution in [2.45, 2.75) is 24.3 Å². The van der Waals surface area contributed by atoms with Crippen LogP contribution in [0.2, 0.25) is 0 Å². The summed E-state index contributed by atoms with van der Waals surface area (Å²) in [6, 6.07) is 16.6. The summed E-state index contributed by atoms with van der Waals surface area (Å²) < 4.78 is 28.0. The van der Waals surface area contributed by atoms with Crippen LogP contribution in [0.5, 0.6) is 0 Å². The standard InChI is InChI=1S/C20H24N4O2S.ClH/c1-15(14-22-11-9-16-5-3-2-4-6-16)24-27(25,26)18-7-8-19-17(13-18)10-12-23-20(19)21;/h2-8,10,12-13,15,22,24H,9,11,14H2,1H3,(H2,21,23);1H/t15-;/m1./s1. The van der Waals surface area contributed by atoms with Gasteiger partial charge in [-0.15, -0.1) is 12.4 Å². The van der Waals surface area contributed by atoms with Crippen molar-refractivity contribution in [1.82, 2.24) is 15.0 Å². The Kier molecular flexibility index (Phi) is 7.77. The molecular formula is C20H25ClN4O2S. The zero-order valence-corrected chi connectivity index (χ0v) is 17.3. The highest BCUT2D eigenvalue weighted by Gasteiger charge is 2.18. The maximum atomic E-state index is 12.6. The lowest BCUT2D eigenvalue weighted by molar-refractivity contribution is 0.537. The summed E-state index contributed by atoms with van der Waals surface area (Å²) in [4.78, 5) is 4.23. The monoisotopic (exact) mass is 420 g/mol. The number of nitrogen functional groups attached to an aromatic ring is 1. The molecule has 0 aliphatic heterocycles. The van der Waals surface area contributed by atoms with Crippen molar-refractivity contribution >= 4 is 39.0 Å². The Hall–Kier alpha value is -2.19. The minimum absolute atomic E-state index is 0. The smallest absolute Gasteiger partial charge is 0.240 e. The van der Waals surface area contributed by atoms with Crippen LogP contribution in [0.3, 0.4) is 0 Å². The number of nitrogens with two attached hydrogens (primary N) is 1. The fourth-order valence-corrected chi connectivity index (χ4v) is 4.20. The van der Waals surface area contributed by atoms with Gasteiger partial charge in [-0.1, -0.05) is 30.3 Å². The van der Waals surface area contributed by atoms with Crippen LogP contribution < -0.4 is 15.8 Å². The molecule has 0 amide bonds. The van der Waals surface area contributed by atoms with Gasteiger partial charge in [0.25, 0.3) is 0 Å². The topological polar surface area (TPSA) is 97.1 Å². The molecular weight excluding hydrogens is 396 g/mol. The zero-order valence-electron chi connectivity index (χ0n) is 15.6. The molecule has 0 unspecified atom stereocenters. The fraction of sp³-hybridized carbons (Fsp3) is 0.250. The fourth-order valence-electron chi connectivity index (χ4n) is 2.92. The summed E-state index contributed by atoms with van der Waals surface area (Å²) in [5, 5.41) is 4.78. The van der Waals surface area contributed by atoms with E-state index in [1.807, 2.05) is 25.1 Å². The van der Waals surface area contributed by atoms with Crippen molar-refractivity contribution in [2.75, 3.05) is 18.8 Å². The van der Waals surface area contributed by atoms with Crippen LogP contribution in [0, 0.1) is 0 Å². The van der Waals surface area contributed by atoms with Gasteiger partial charge in [-0.25, -0.2) is 18.1 Å². The van der Waals surface area contributed by atoms with Crippen molar-refractivity contribution in [2.24, 2.45) is 0 Å². The summed E-state index contributed by atoms with van der Waals surface area (Å²) >= 11 is 0. The molecule has 0 aliphatic carbocycles. The van der Waals surface area contributed by atoms with Crippen molar-refractivity contribution in [3.63, 3.8) is 0 Å². The molecule has 3 aromatic rings. The predicted molar refractivity (Wildman–Crippen MR) is 116 cm³/mol. The Morgan fingerprint density at radius 3 is 2.61 bits per heavy atom. The van der Waals surface area contributed by atoms with Gasteiger partial charge in [-0.05, 0) is 55.1 Å². The molecule has 4 N–H and O–H groups in total. The molecule has 150 valence electrons. The van der Waals surface area contributed by atoms with Gasteiger partial charge in [-0.2, -0.15) is 0 Å². The second-order valence-electron chi connectivity index (χ2n) is 6.54. The van der Waals surface area contributed by atoms with Gasteiger partial charge in [0.1, 0.15) is 5.82 Å². The number of benzene rings is 2. The third-order valence-electron chi connectivity index (χ3n) is 4.32. The van der Waals surface area contributed by atoms with Crippen LogP contribution in [0.25, 0.3) is 10.8 Å². The molecule has 1 atom stereocenters. The molecule has 2 aromatic carbocycles. The lowest BCUT2D eigenvalue weighted by Crippen LogP contribution is -2.40. The summed E-state index contributed by atoms with van der Waals surface area (Å²) in [7, 11) is -3.60. The van der Waals surface area contributed by atoms with E-state index in [4.69, 9.17) is 5.73 Å². The normalized spacial score (nSPS) is 12.5. The van der Waals surface area contributed by atoms with Gasteiger partial charge >= 0.3 is 0 Å². The Labute approximate surface area is 172 Å². The molecule has 0 radical (unpaired) electrons. The van der Waals surface area contributed by atoms with E-state index in [2.05, 4.69) is 27.2 Å². The molecule has 0 fully saturated rings. The Bertz CT molecular complexity index is 1010. The molecule has 1 aromatic heterocycles. The van der Waals surface area contributed by atoms with Crippen LogP contribution in [0.15, 0.2) is 65.7 Å². The lowest BCUT2D eigenvalue weighted by Gasteiger charge is -2.15. The molecule has 0 aliphatic rings. The van der Waals surface area contributed by atoms with E-state index in [1.54, 1.807) is 30.5 Å². The first-order chi connectivity index (χ1) is 13.0. The highest BCUT2D eigenvalue weighted by atomic mass is 35.5. The van der Waals surface area contributed by atoms with Gasteiger partial charge in [0, 0.05) is 24.2 Å². The van der Waals surface area contributed by atoms with Crippen LogP contribution in [0.4, 0.5) is 5.82 Å². The van der Waals surface area contributed by atoms with E-state index >= 15 is 0 Å². The summed E-state index contributed by atoms with van der Waals surface area (Å²) in [5.74, 6) is 0.389. The van der Waals surface area contributed by atoms with E-state index < -0.39 is 10.0 Å². The lowest BCUT2D eigenvalue weighted by atomic mass is 10.1. The maximum Gasteiger partial charge on any atom is 0.240 e. The predicted octanol–water partition coefficient (Wildman–Crippen LogP) is 2.74. The number of pyridine rings is 1. The average Bonchev–Trinajstić information content (AvgIpc) is 2.66. The number of hydrogen-bond donors (Lipinski definition) is 3. The third-order valence-corrected chi connectivity index (χ3v) is 5.90. The van der Waals surface area contributed by atoms with E-state index in [1.165, 1.54) is 5.56 Å². The number of aromatic nitrogens is 1. The minimum atomic E-state index is -3.60. The van der Waals surface area contributed by atoms with Crippen LogP contribution >= 0.6 is 12.4 Å². The summed E-state index contributed by atoms with van der Waals surface area (Å²) in [6.45, 7) is 3.19.